The van der Waals surface area contributed by atoms with Gasteiger partial charge in [0.15, 0.2) is 0 Å². The van der Waals surface area contributed by atoms with E-state index in [0.717, 1.165) is 5.56 Å². The summed E-state index contributed by atoms with van der Waals surface area (Å²) in [5.41, 5.74) is 6.40. The Balaban J connectivity index is 1.91. The standard InChI is InChI=1S/C13H14N4O2/c14-12(19)10-8-15-17-13(10)16-11(18)7-6-9-4-2-1-3-5-9/h1-5,8H,6-7H2,(H2,14,19)(H2,15,16,17,18). The van der Waals surface area contributed by atoms with Crippen molar-refractivity contribution >= 4 is 17.6 Å². The number of carbonyl (C=O) groups is 2. The maximum atomic E-state index is 11.7. The second-order valence-corrected chi connectivity index (χ2v) is 4.06. The van der Waals surface area contributed by atoms with Gasteiger partial charge in [0.05, 0.1) is 6.20 Å². The predicted octanol–water partition coefficient (Wildman–Crippen LogP) is 1.08. The first-order chi connectivity index (χ1) is 9.16. The summed E-state index contributed by atoms with van der Waals surface area (Å²) in [5, 5.41) is 8.79. The number of nitrogens with zero attached hydrogens (tertiary/aromatic N) is 1. The van der Waals surface area contributed by atoms with Crippen molar-refractivity contribution in [1.82, 2.24) is 10.2 Å². The number of primary amides is 1. The highest BCUT2D eigenvalue weighted by Gasteiger charge is 2.12. The van der Waals surface area contributed by atoms with Gasteiger partial charge in [-0.05, 0) is 12.0 Å². The number of anilines is 1. The number of rotatable bonds is 5. The van der Waals surface area contributed by atoms with Gasteiger partial charge in [0.1, 0.15) is 11.4 Å². The van der Waals surface area contributed by atoms with E-state index in [0.29, 0.717) is 12.8 Å². The third-order valence-electron chi connectivity index (χ3n) is 2.65. The van der Waals surface area contributed by atoms with Crippen LogP contribution in [0.2, 0.25) is 0 Å². The Morgan fingerprint density at radius 2 is 2.00 bits per heavy atom. The molecule has 19 heavy (non-hydrogen) atoms. The van der Waals surface area contributed by atoms with Gasteiger partial charge in [0.25, 0.3) is 5.91 Å². The average Bonchev–Trinajstić information content (AvgIpc) is 2.86. The third-order valence-corrected chi connectivity index (χ3v) is 2.65. The number of carbonyl (C=O) groups excluding carboxylic acids is 2. The second kappa shape index (κ2) is 5.81. The van der Waals surface area contributed by atoms with E-state index in [1.54, 1.807) is 0 Å². The van der Waals surface area contributed by atoms with Crippen molar-refractivity contribution in [2.24, 2.45) is 5.73 Å². The molecule has 98 valence electrons. The number of nitrogens with one attached hydrogen (secondary N) is 2. The topological polar surface area (TPSA) is 101 Å². The average molecular weight is 258 g/mol. The van der Waals surface area contributed by atoms with Gasteiger partial charge >= 0.3 is 0 Å². The number of aromatic amines is 1. The zero-order valence-corrected chi connectivity index (χ0v) is 10.2. The SMILES string of the molecule is NC(=O)c1cn[nH]c1NC(=O)CCc1ccccc1. The number of nitrogens with two attached hydrogens (primary N) is 1. The van der Waals surface area contributed by atoms with Crippen LogP contribution in [0.25, 0.3) is 0 Å². The van der Waals surface area contributed by atoms with E-state index in [4.69, 9.17) is 5.73 Å². The molecule has 6 nitrogen and oxygen atoms in total. The van der Waals surface area contributed by atoms with E-state index in [9.17, 15) is 9.59 Å². The monoisotopic (exact) mass is 258 g/mol. The molecule has 2 amide bonds. The van der Waals surface area contributed by atoms with Crippen molar-refractivity contribution in [3.63, 3.8) is 0 Å². The normalized spacial score (nSPS) is 10.1. The minimum atomic E-state index is -0.632. The first-order valence-electron chi connectivity index (χ1n) is 5.84. The van der Waals surface area contributed by atoms with Crippen LogP contribution in [0, 0.1) is 0 Å². The van der Waals surface area contributed by atoms with Gasteiger partial charge in [0.2, 0.25) is 5.91 Å². The molecule has 0 fully saturated rings. The van der Waals surface area contributed by atoms with Crippen molar-refractivity contribution in [2.45, 2.75) is 12.8 Å². The Labute approximate surface area is 110 Å². The fourth-order valence-corrected chi connectivity index (χ4v) is 1.67. The molecule has 0 aliphatic heterocycles. The quantitative estimate of drug-likeness (QED) is 0.748. The predicted molar refractivity (Wildman–Crippen MR) is 70.5 cm³/mol. The van der Waals surface area contributed by atoms with Crippen LogP contribution < -0.4 is 11.1 Å². The number of amides is 2. The molecule has 1 heterocycles. The Kier molecular flexibility index (Phi) is 3.92. The van der Waals surface area contributed by atoms with E-state index in [-0.39, 0.29) is 17.3 Å². The van der Waals surface area contributed by atoms with Gasteiger partial charge in [-0.2, -0.15) is 5.10 Å². The summed E-state index contributed by atoms with van der Waals surface area (Å²) in [7, 11) is 0. The number of H-pyrrole nitrogens is 1. The summed E-state index contributed by atoms with van der Waals surface area (Å²) < 4.78 is 0. The van der Waals surface area contributed by atoms with Gasteiger partial charge in [-0.3, -0.25) is 14.7 Å². The lowest BCUT2D eigenvalue weighted by atomic mass is 10.1. The highest BCUT2D eigenvalue weighted by molar-refractivity contribution is 6.01. The van der Waals surface area contributed by atoms with Gasteiger partial charge in [-0.1, -0.05) is 30.3 Å². The van der Waals surface area contributed by atoms with E-state index < -0.39 is 5.91 Å². The van der Waals surface area contributed by atoms with Crippen LogP contribution in [-0.4, -0.2) is 22.0 Å². The number of hydrogen-bond acceptors (Lipinski definition) is 3. The van der Waals surface area contributed by atoms with Crippen LogP contribution in [0.15, 0.2) is 36.5 Å². The smallest absolute Gasteiger partial charge is 0.254 e. The molecule has 1 aromatic carbocycles. The maximum absolute atomic E-state index is 11.7. The minimum Gasteiger partial charge on any atom is -0.365 e. The summed E-state index contributed by atoms with van der Waals surface area (Å²) in [6, 6.07) is 9.69. The lowest BCUT2D eigenvalue weighted by Gasteiger charge is -2.04. The zero-order valence-electron chi connectivity index (χ0n) is 10.2. The Hall–Kier alpha value is -2.63. The summed E-state index contributed by atoms with van der Waals surface area (Å²) in [5.74, 6) is -0.590. The molecule has 0 unspecified atom stereocenters. The van der Waals surface area contributed by atoms with Crippen molar-refractivity contribution in [3.8, 4) is 0 Å². The van der Waals surface area contributed by atoms with Gasteiger partial charge in [-0.25, -0.2) is 0 Å². The molecule has 0 radical (unpaired) electrons. The van der Waals surface area contributed by atoms with E-state index in [1.807, 2.05) is 30.3 Å². The molecule has 0 saturated carbocycles. The minimum absolute atomic E-state index is 0.174. The molecular formula is C13H14N4O2. The van der Waals surface area contributed by atoms with Crippen LogP contribution in [0.3, 0.4) is 0 Å². The Morgan fingerprint density at radius 3 is 2.68 bits per heavy atom. The van der Waals surface area contributed by atoms with E-state index in [1.165, 1.54) is 6.20 Å². The highest BCUT2D eigenvalue weighted by atomic mass is 16.2. The van der Waals surface area contributed by atoms with Crippen LogP contribution in [0.1, 0.15) is 22.3 Å². The van der Waals surface area contributed by atoms with Crippen LogP contribution >= 0.6 is 0 Å². The molecule has 2 rings (SSSR count). The van der Waals surface area contributed by atoms with Crippen LogP contribution in [-0.2, 0) is 11.2 Å². The largest absolute Gasteiger partial charge is 0.365 e. The molecule has 0 atom stereocenters. The van der Waals surface area contributed by atoms with Crippen molar-refractivity contribution in [2.75, 3.05) is 5.32 Å². The highest BCUT2D eigenvalue weighted by Crippen LogP contribution is 2.11. The first kappa shape index (κ1) is 12.8. The van der Waals surface area contributed by atoms with Gasteiger partial charge in [-0.15, -0.1) is 0 Å². The summed E-state index contributed by atoms with van der Waals surface area (Å²) in [4.78, 5) is 22.8. The Bertz CT molecular complexity index is 577. The summed E-state index contributed by atoms with van der Waals surface area (Å²) in [6.07, 6.45) is 2.24. The van der Waals surface area contributed by atoms with Crippen LogP contribution in [0.4, 0.5) is 5.82 Å². The molecule has 1 aromatic heterocycles. The summed E-state index contributed by atoms with van der Waals surface area (Å²) in [6.45, 7) is 0. The lowest BCUT2D eigenvalue weighted by molar-refractivity contribution is -0.116. The number of aromatic nitrogens is 2. The molecular weight excluding hydrogens is 244 g/mol. The maximum Gasteiger partial charge on any atom is 0.254 e. The molecule has 4 N–H and O–H groups in total. The molecule has 0 aliphatic rings. The lowest BCUT2D eigenvalue weighted by Crippen LogP contribution is -2.17. The molecule has 2 aromatic rings. The van der Waals surface area contributed by atoms with Gasteiger partial charge in [0, 0.05) is 6.42 Å². The summed E-state index contributed by atoms with van der Waals surface area (Å²) >= 11 is 0. The molecule has 0 aliphatic carbocycles. The van der Waals surface area contributed by atoms with Gasteiger partial charge < -0.3 is 11.1 Å². The number of aryl methyl sites for hydroxylation is 1. The molecule has 6 heteroatoms. The molecule has 0 bridgehead atoms. The molecule has 0 saturated heterocycles. The fourth-order valence-electron chi connectivity index (χ4n) is 1.67. The van der Waals surface area contributed by atoms with E-state index in [2.05, 4.69) is 15.5 Å². The first-order valence-corrected chi connectivity index (χ1v) is 5.84. The van der Waals surface area contributed by atoms with Crippen molar-refractivity contribution in [1.29, 1.82) is 0 Å². The molecule has 0 spiro atoms. The van der Waals surface area contributed by atoms with E-state index >= 15 is 0 Å². The fraction of sp³-hybridized carbons (Fsp3) is 0.154. The number of benzene rings is 1. The van der Waals surface area contributed by atoms with Crippen LogP contribution in [0.5, 0.6) is 0 Å². The third kappa shape index (κ3) is 3.41. The Morgan fingerprint density at radius 1 is 1.26 bits per heavy atom. The zero-order chi connectivity index (χ0) is 13.7. The van der Waals surface area contributed by atoms with Crippen molar-refractivity contribution < 1.29 is 9.59 Å². The van der Waals surface area contributed by atoms with Crippen molar-refractivity contribution in [3.05, 3.63) is 47.7 Å². The number of hydrogen-bond donors (Lipinski definition) is 3. The second-order valence-electron chi connectivity index (χ2n) is 4.06.